The molecule has 64 heavy (non-hydrogen) atoms. The number of nitrogens with zero attached hydrogens (tertiary/aromatic N) is 2. The first-order valence-electron chi connectivity index (χ1n) is 21.6. The quantitative estimate of drug-likeness (QED) is 0.153. The summed E-state index contributed by atoms with van der Waals surface area (Å²) in [6.45, 7) is 0. The van der Waals surface area contributed by atoms with E-state index in [1.165, 1.54) is 33.4 Å². The summed E-state index contributed by atoms with van der Waals surface area (Å²) in [6, 6.07) is 85.9. The molecule has 0 atom stereocenters. The number of anilines is 3. The molecule has 2 heterocycles. The zero-order valence-electron chi connectivity index (χ0n) is 34.8. The Morgan fingerprint density at radius 2 is 0.625 bits per heavy atom. The van der Waals surface area contributed by atoms with Gasteiger partial charge in [-0.1, -0.05) is 158 Å². The third-order valence-corrected chi connectivity index (χ3v) is 12.3. The molecule has 4 nitrogen and oxygen atoms in total. The molecule has 0 saturated carbocycles. The average Bonchev–Trinajstić information content (AvgIpc) is 3.68. The lowest BCUT2D eigenvalue weighted by Crippen LogP contribution is -2.09. The van der Waals surface area contributed by atoms with Gasteiger partial charge in [0.15, 0.2) is 23.0 Å². The maximum Gasteiger partial charge on any atom is 0.172 e. The van der Waals surface area contributed by atoms with Gasteiger partial charge in [-0.05, 0) is 123 Å². The van der Waals surface area contributed by atoms with Crippen molar-refractivity contribution in [3.05, 3.63) is 243 Å². The van der Waals surface area contributed by atoms with Crippen molar-refractivity contribution < 1.29 is 9.47 Å². The molecule has 1 aliphatic heterocycles. The van der Waals surface area contributed by atoms with E-state index in [1.807, 2.05) is 24.3 Å². The van der Waals surface area contributed by atoms with Gasteiger partial charge in [0.25, 0.3) is 0 Å². The summed E-state index contributed by atoms with van der Waals surface area (Å²) in [5, 5.41) is 2.22. The summed E-state index contributed by atoms with van der Waals surface area (Å²) in [7, 11) is 0. The Labute approximate surface area is 372 Å². The highest BCUT2D eigenvalue weighted by molar-refractivity contribution is 6.11. The number of ether oxygens (including phenoxy) is 2. The molecule has 1 aromatic heterocycles. The van der Waals surface area contributed by atoms with Gasteiger partial charge in [-0.2, -0.15) is 0 Å². The number of benzene rings is 10. The van der Waals surface area contributed by atoms with E-state index < -0.39 is 0 Å². The van der Waals surface area contributed by atoms with Crippen LogP contribution in [0.1, 0.15) is 0 Å². The van der Waals surface area contributed by atoms with Crippen LogP contribution in [0, 0.1) is 0 Å². The molecule has 12 rings (SSSR count). The van der Waals surface area contributed by atoms with Crippen molar-refractivity contribution in [2.45, 2.75) is 0 Å². The molecule has 0 saturated heterocycles. The molecule has 10 aromatic carbocycles. The van der Waals surface area contributed by atoms with E-state index in [4.69, 9.17) is 9.47 Å². The fourth-order valence-electron chi connectivity index (χ4n) is 9.05. The molecule has 0 radical (unpaired) electrons. The van der Waals surface area contributed by atoms with Crippen LogP contribution in [0.5, 0.6) is 23.0 Å². The Balaban J connectivity index is 0.941. The molecule has 302 valence electrons. The van der Waals surface area contributed by atoms with Crippen LogP contribution in [-0.4, -0.2) is 4.57 Å². The van der Waals surface area contributed by atoms with Gasteiger partial charge in [0, 0.05) is 39.6 Å². The van der Waals surface area contributed by atoms with E-state index in [0.717, 1.165) is 55.7 Å². The predicted molar refractivity (Wildman–Crippen MR) is 264 cm³/mol. The van der Waals surface area contributed by atoms with E-state index in [1.54, 1.807) is 0 Å². The summed E-state index contributed by atoms with van der Waals surface area (Å²) in [4.78, 5) is 2.33. The second kappa shape index (κ2) is 15.7. The molecule has 11 aromatic rings. The number of rotatable bonds is 8. The molecule has 4 heteroatoms. The van der Waals surface area contributed by atoms with Crippen LogP contribution in [0.4, 0.5) is 17.1 Å². The first-order chi connectivity index (χ1) is 31.7. The van der Waals surface area contributed by atoms with Crippen LogP contribution >= 0.6 is 0 Å². The maximum atomic E-state index is 6.46. The summed E-state index contributed by atoms with van der Waals surface area (Å²) in [5.41, 5.74) is 15.9. The number of para-hydroxylation sites is 2. The van der Waals surface area contributed by atoms with E-state index in [-0.39, 0.29) is 0 Å². The smallest absolute Gasteiger partial charge is 0.172 e. The summed E-state index contributed by atoms with van der Waals surface area (Å²) in [5.74, 6) is 2.82. The first kappa shape index (κ1) is 37.2. The second-order valence-corrected chi connectivity index (χ2v) is 16.2. The third kappa shape index (κ3) is 6.75. The predicted octanol–water partition coefficient (Wildman–Crippen LogP) is 16.8. The van der Waals surface area contributed by atoms with Crippen molar-refractivity contribution in [1.82, 2.24) is 4.57 Å². The lowest BCUT2D eigenvalue weighted by atomic mass is 10.0. The maximum absolute atomic E-state index is 6.46. The van der Waals surface area contributed by atoms with Crippen molar-refractivity contribution in [1.29, 1.82) is 0 Å². The van der Waals surface area contributed by atoms with Crippen molar-refractivity contribution in [3.8, 4) is 73.2 Å². The number of aromatic nitrogens is 1. The molecule has 0 unspecified atom stereocenters. The molecule has 1 aliphatic rings. The zero-order chi connectivity index (χ0) is 42.4. The minimum atomic E-state index is 0.695. The van der Waals surface area contributed by atoms with Crippen molar-refractivity contribution in [3.63, 3.8) is 0 Å². The highest BCUT2D eigenvalue weighted by Crippen LogP contribution is 2.49. The third-order valence-electron chi connectivity index (χ3n) is 12.3. The largest absolute Gasteiger partial charge is 0.449 e. The van der Waals surface area contributed by atoms with E-state index in [0.29, 0.717) is 23.0 Å². The average molecular weight is 821 g/mol. The Hall–Kier alpha value is -8.60. The second-order valence-electron chi connectivity index (χ2n) is 16.2. The van der Waals surface area contributed by atoms with Gasteiger partial charge >= 0.3 is 0 Å². The van der Waals surface area contributed by atoms with Gasteiger partial charge in [-0.25, -0.2) is 0 Å². The van der Waals surface area contributed by atoms with Crippen molar-refractivity contribution in [2.75, 3.05) is 4.90 Å². The minimum absolute atomic E-state index is 0.695. The van der Waals surface area contributed by atoms with Crippen LogP contribution in [0.25, 0.3) is 72.0 Å². The highest BCUT2D eigenvalue weighted by Gasteiger charge is 2.23. The molecule has 0 spiro atoms. The van der Waals surface area contributed by atoms with Crippen LogP contribution < -0.4 is 14.4 Å². The Kier molecular flexibility index (Phi) is 9.12. The van der Waals surface area contributed by atoms with E-state index in [2.05, 4.69) is 228 Å². The van der Waals surface area contributed by atoms with Gasteiger partial charge in [0.2, 0.25) is 0 Å². The fourth-order valence-corrected chi connectivity index (χ4v) is 9.05. The fraction of sp³-hybridized carbons (Fsp3) is 0. The number of hydrogen-bond acceptors (Lipinski definition) is 3. The number of fused-ring (bicyclic) bond motifs is 5. The Bertz CT molecular complexity index is 3350. The first-order valence-corrected chi connectivity index (χ1v) is 21.6. The molecule has 0 N–H and O–H groups in total. The summed E-state index contributed by atoms with van der Waals surface area (Å²) < 4.78 is 15.2. The van der Waals surface area contributed by atoms with E-state index >= 15 is 0 Å². The van der Waals surface area contributed by atoms with Gasteiger partial charge in [-0.3, -0.25) is 0 Å². The van der Waals surface area contributed by atoms with Crippen LogP contribution in [0.15, 0.2) is 243 Å². The lowest BCUT2D eigenvalue weighted by molar-refractivity contribution is 0.360. The van der Waals surface area contributed by atoms with Crippen LogP contribution in [0.2, 0.25) is 0 Å². The number of hydrogen-bond donors (Lipinski definition) is 0. The summed E-state index contributed by atoms with van der Waals surface area (Å²) >= 11 is 0. The molecule has 0 fully saturated rings. The normalized spacial score (nSPS) is 11.7. The Morgan fingerprint density at radius 1 is 0.266 bits per heavy atom. The van der Waals surface area contributed by atoms with Gasteiger partial charge in [0.1, 0.15) is 0 Å². The van der Waals surface area contributed by atoms with Gasteiger partial charge < -0.3 is 18.9 Å². The van der Waals surface area contributed by atoms with Crippen LogP contribution in [0.3, 0.4) is 0 Å². The zero-order valence-corrected chi connectivity index (χ0v) is 34.8. The monoisotopic (exact) mass is 820 g/mol. The van der Waals surface area contributed by atoms with Crippen LogP contribution in [-0.2, 0) is 0 Å². The highest BCUT2D eigenvalue weighted by atomic mass is 16.6. The van der Waals surface area contributed by atoms with Gasteiger partial charge in [-0.15, -0.1) is 0 Å². The van der Waals surface area contributed by atoms with Gasteiger partial charge in [0.05, 0.1) is 11.0 Å². The minimum Gasteiger partial charge on any atom is -0.449 e. The topological polar surface area (TPSA) is 26.6 Å². The SMILES string of the molecule is c1ccc(-c2ccc(N(c3ccc(-c4ccccc4)cc3)c3ccc(-c4ccc5c(c4)c4cc6c(cc4n5-c4ccc(-c5ccccc5)cc4)Oc4ccccc4O6)cc3)cc2)cc1. The van der Waals surface area contributed by atoms with E-state index in [9.17, 15) is 0 Å². The molecule has 0 aliphatic carbocycles. The lowest BCUT2D eigenvalue weighted by Gasteiger charge is -2.26. The van der Waals surface area contributed by atoms with Crippen molar-refractivity contribution in [2.24, 2.45) is 0 Å². The molecule has 0 bridgehead atoms. The molecule has 0 amide bonds. The molecular formula is C60H40N2O2. The summed E-state index contributed by atoms with van der Waals surface area (Å²) in [6.07, 6.45) is 0. The van der Waals surface area contributed by atoms with Crippen molar-refractivity contribution >= 4 is 38.9 Å². The standard InChI is InChI=1S/C60H40N2O2/c1-4-12-41(13-5-1)44-20-29-49(30-21-44)61(50-31-22-45(23-32-50)42-14-6-2-7-15-42)51-33-26-47(27-34-51)48-28-37-55-53(38-48)54-39-59-60(64-58-19-11-10-18-57(58)63-59)40-56(54)62(55)52-35-24-46(25-36-52)43-16-8-3-9-17-43/h1-40H. The Morgan fingerprint density at radius 3 is 1.09 bits per heavy atom. The molecular weight excluding hydrogens is 781 g/mol.